The highest BCUT2D eigenvalue weighted by Gasteiger charge is 2.18. The lowest BCUT2D eigenvalue weighted by Crippen LogP contribution is -2.19. The predicted molar refractivity (Wildman–Crippen MR) is 68.7 cm³/mol. The van der Waals surface area contributed by atoms with Crippen LogP contribution < -0.4 is 5.32 Å². The summed E-state index contributed by atoms with van der Waals surface area (Å²) in [5, 5.41) is 3.58. The normalized spacial score (nSPS) is 12.4. The fourth-order valence-electron chi connectivity index (χ4n) is 1.90. The van der Waals surface area contributed by atoms with E-state index in [0.717, 1.165) is 11.6 Å². The van der Waals surface area contributed by atoms with Gasteiger partial charge in [-0.05, 0) is 30.8 Å². The zero-order valence-electron chi connectivity index (χ0n) is 9.75. The quantitative estimate of drug-likeness (QED) is 0.889. The van der Waals surface area contributed by atoms with Gasteiger partial charge in [0.05, 0.1) is 6.04 Å². The molecule has 0 saturated heterocycles. The minimum Gasteiger partial charge on any atom is -0.309 e. The summed E-state index contributed by atoms with van der Waals surface area (Å²) in [6.45, 7) is 0. The molecule has 0 aliphatic heterocycles. The Morgan fingerprint density at radius 1 is 1.06 bits per heavy atom. The Hall–Kier alpha value is -1.45. The van der Waals surface area contributed by atoms with Gasteiger partial charge in [0.2, 0.25) is 0 Å². The summed E-state index contributed by atoms with van der Waals surface area (Å²) in [5.41, 5.74) is 1.10. The van der Waals surface area contributed by atoms with Crippen LogP contribution in [0, 0.1) is 11.6 Å². The monoisotopic (exact) mass is 267 g/mol. The molecule has 0 aliphatic rings. The van der Waals surface area contributed by atoms with Crippen LogP contribution >= 0.6 is 11.6 Å². The fraction of sp³-hybridized carbons (Fsp3) is 0.143. The Labute approximate surface area is 109 Å². The number of halogens is 3. The highest BCUT2D eigenvalue weighted by Crippen LogP contribution is 2.26. The molecular formula is C14H12ClF2N. The molecule has 4 heteroatoms. The van der Waals surface area contributed by atoms with Crippen LogP contribution in [0.3, 0.4) is 0 Å². The molecule has 0 aliphatic carbocycles. The van der Waals surface area contributed by atoms with Crippen molar-refractivity contribution in [1.29, 1.82) is 0 Å². The molecular weight excluding hydrogens is 256 g/mol. The van der Waals surface area contributed by atoms with Gasteiger partial charge in [0.25, 0.3) is 0 Å². The zero-order chi connectivity index (χ0) is 13.1. The molecule has 0 fully saturated rings. The molecule has 0 amide bonds. The maximum absolute atomic E-state index is 13.8. The summed E-state index contributed by atoms with van der Waals surface area (Å²) >= 11 is 5.81. The Bertz CT molecular complexity index is 540. The summed E-state index contributed by atoms with van der Waals surface area (Å²) in [4.78, 5) is 0. The molecule has 0 saturated carbocycles. The lowest BCUT2D eigenvalue weighted by atomic mass is 9.98. The maximum Gasteiger partial charge on any atom is 0.163 e. The van der Waals surface area contributed by atoms with E-state index in [1.807, 2.05) is 0 Å². The van der Waals surface area contributed by atoms with E-state index >= 15 is 0 Å². The smallest absolute Gasteiger partial charge is 0.163 e. The topological polar surface area (TPSA) is 12.0 Å². The Kier molecular flexibility index (Phi) is 3.94. The molecule has 0 spiro atoms. The molecule has 0 aromatic heterocycles. The van der Waals surface area contributed by atoms with Crippen molar-refractivity contribution in [2.24, 2.45) is 0 Å². The molecule has 2 aromatic rings. The Morgan fingerprint density at radius 3 is 2.33 bits per heavy atom. The van der Waals surface area contributed by atoms with Crippen LogP contribution in [0.4, 0.5) is 8.78 Å². The second kappa shape index (κ2) is 5.46. The Morgan fingerprint density at radius 2 is 1.72 bits per heavy atom. The molecule has 1 atom stereocenters. The molecule has 18 heavy (non-hydrogen) atoms. The molecule has 1 N–H and O–H groups in total. The van der Waals surface area contributed by atoms with Crippen LogP contribution in [-0.2, 0) is 0 Å². The van der Waals surface area contributed by atoms with Gasteiger partial charge in [-0.2, -0.15) is 0 Å². The summed E-state index contributed by atoms with van der Waals surface area (Å²) in [5.74, 6) is -1.67. The van der Waals surface area contributed by atoms with Gasteiger partial charge in [-0.15, -0.1) is 0 Å². The fourth-order valence-corrected chi connectivity index (χ4v) is 2.03. The van der Waals surface area contributed by atoms with Crippen LogP contribution in [0.15, 0.2) is 42.5 Å². The van der Waals surface area contributed by atoms with E-state index in [1.54, 1.807) is 37.4 Å². The SMILES string of the molecule is CNC(c1ccc(Cl)cc1)c1cccc(F)c1F. The van der Waals surface area contributed by atoms with E-state index in [1.165, 1.54) is 6.07 Å². The third-order valence-corrected chi connectivity index (χ3v) is 3.04. The van der Waals surface area contributed by atoms with Crippen molar-refractivity contribution in [3.8, 4) is 0 Å². The van der Waals surface area contributed by atoms with Gasteiger partial charge < -0.3 is 5.32 Å². The van der Waals surface area contributed by atoms with Crippen molar-refractivity contribution in [3.05, 3.63) is 70.2 Å². The first-order chi connectivity index (χ1) is 8.63. The first kappa shape index (κ1) is 13.0. The van der Waals surface area contributed by atoms with Crippen molar-refractivity contribution in [3.63, 3.8) is 0 Å². The van der Waals surface area contributed by atoms with Gasteiger partial charge in [-0.1, -0.05) is 35.9 Å². The van der Waals surface area contributed by atoms with E-state index < -0.39 is 17.7 Å². The predicted octanol–water partition coefficient (Wildman–Crippen LogP) is 3.93. The van der Waals surface area contributed by atoms with Crippen LogP contribution in [0.5, 0.6) is 0 Å². The van der Waals surface area contributed by atoms with E-state index in [4.69, 9.17) is 11.6 Å². The maximum atomic E-state index is 13.8. The minimum atomic E-state index is -0.846. The summed E-state index contributed by atoms with van der Waals surface area (Å²) in [6.07, 6.45) is 0. The van der Waals surface area contributed by atoms with Crippen molar-refractivity contribution in [1.82, 2.24) is 5.32 Å². The molecule has 0 bridgehead atoms. The van der Waals surface area contributed by atoms with Crippen molar-refractivity contribution in [2.45, 2.75) is 6.04 Å². The van der Waals surface area contributed by atoms with E-state index in [-0.39, 0.29) is 5.56 Å². The number of hydrogen-bond acceptors (Lipinski definition) is 1. The van der Waals surface area contributed by atoms with Crippen molar-refractivity contribution < 1.29 is 8.78 Å². The molecule has 0 heterocycles. The van der Waals surface area contributed by atoms with Crippen LogP contribution in [-0.4, -0.2) is 7.05 Å². The van der Waals surface area contributed by atoms with E-state index in [2.05, 4.69) is 5.32 Å². The number of rotatable bonds is 3. The first-order valence-electron chi connectivity index (χ1n) is 5.50. The van der Waals surface area contributed by atoms with Gasteiger partial charge in [-0.3, -0.25) is 0 Å². The third-order valence-electron chi connectivity index (χ3n) is 2.78. The first-order valence-corrected chi connectivity index (χ1v) is 5.88. The van der Waals surface area contributed by atoms with Gasteiger partial charge in [0, 0.05) is 10.6 Å². The van der Waals surface area contributed by atoms with Crippen LogP contribution in [0.1, 0.15) is 17.2 Å². The summed E-state index contributed by atoms with van der Waals surface area (Å²) in [7, 11) is 1.70. The highest BCUT2D eigenvalue weighted by atomic mass is 35.5. The lowest BCUT2D eigenvalue weighted by Gasteiger charge is -2.18. The van der Waals surface area contributed by atoms with Gasteiger partial charge in [0.1, 0.15) is 0 Å². The number of nitrogens with one attached hydrogen (secondary N) is 1. The van der Waals surface area contributed by atoms with Crippen LogP contribution in [0.25, 0.3) is 0 Å². The number of benzene rings is 2. The largest absolute Gasteiger partial charge is 0.309 e. The van der Waals surface area contributed by atoms with Crippen molar-refractivity contribution in [2.75, 3.05) is 7.05 Å². The summed E-state index contributed by atoms with van der Waals surface area (Å²) in [6, 6.07) is 10.8. The molecule has 2 aromatic carbocycles. The molecule has 2 rings (SSSR count). The standard InChI is InChI=1S/C14H12ClF2N/c1-18-14(9-5-7-10(15)8-6-9)11-3-2-4-12(16)13(11)17/h2-8,14,18H,1H3. The molecule has 1 unspecified atom stereocenters. The summed E-state index contributed by atoms with van der Waals surface area (Å²) < 4.78 is 27.0. The Balaban J connectivity index is 2.45. The minimum absolute atomic E-state index is 0.278. The van der Waals surface area contributed by atoms with Gasteiger partial charge in [-0.25, -0.2) is 8.78 Å². The second-order valence-electron chi connectivity index (χ2n) is 3.92. The average molecular weight is 268 g/mol. The van der Waals surface area contributed by atoms with E-state index in [9.17, 15) is 8.78 Å². The third kappa shape index (κ3) is 2.52. The van der Waals surface area contributed by atoms with Crippen molar-refractivity contribution >= 4 is 11.6 Å². The second-order valence-corrected chi connectivity index (χ2v) is 4.35. The van der Waals surface area contributed by atoms with Gasteiger partial charge in [0.15, 0.2) is 11.6 Å². The highest BCUT2D eigenvalue weighted by molar-refractivity contribution is 6.30. The average Bonchev–Trinajstić information content (AvgIpc) is 2.37. The van der Waals surface area contributed by atoms with Crippen LogP contribution in [0.2, 0.25) is 5.02 Å². The lowest BCUT2D eigenvalue weighted by molar-refractivity contribution is 0.487. The van der Waals surface area contributed by atoms with E-state index in [0.29, 0.717) is 5.02 Å². The zero-order valence-corrected chi connectivity index (χ0v) is 10.5. The number of hydrogen-bond donors (Lipinski definition) is 1. The molecule has 94 valence electrons. The molecule has 0 radical (unpaired) electrons. The molecule has 1 nitrogen and oxygen atoms in total. The van der Waals surface area contributed by atoms with Gasteiger partial charge >= 0.3 is 0 Å².